The summed E-state index contributed by atoms with van der Waals surface area (Å²) in [4.78, 5) is 11.8. The highest BCUT2D eigenvalue weighted by molar-refractivity contribution is 5.95. The maximum Gasteiger partial charge on any atom is 0.345 e. The average molecular weight is 222 g/mol. The van der Waals surface area contributed by atoms with Crippen LogP contribution in [0.5, 0.6) is 11.5 Å². The van der Waals surface area contributed by atoms with E-state index in [-0.39, 0.29) is 5.97 Å². The quantitative estimate of drug-likeness (QED) is 0.684. The first kappa shape index (κ1) is 10.8. The van der Waals surface area contributed by atoms with Gasteiger partial charge >= 0.3 is 5.97 Å². The number of esters is 1. The molecule has 0 aromatic heterocycles. The molecule has 1 heterocycles. The van der Waals surface area contributed by atoms with Gasteiger partial charge in [-0.1, -0.05) is 0 Å². The molecule has 0 unspecified atom stereocenters. The fourth-order valence-corrected chi connectivity index (χ4v) is 1.74. The van der Waals surface area contributed by atoms with Gasteiger partial charge in [-0.15, -0.1) is 0 Å². The van der Waals surface area contributed by atoms with E-state index >= 15 is 0 Å². The van der Waals surface area contributed by atoms with Gasteiger partial charge in [-0.25, -0.2) is 4.79 Å². The predicted octanol–water partition coefficient (Wildman–Crippen LogP) is 2.29. The van der Waals surface area contributed by atoms with Crippen LogP contribution in [0.15, 0.2) is 12.1 Å². The number of ether oxygens (including phenoxy) is 3. The number of cyclic esters (lactones) is 1. The van der Waals surface area contributed by atoms with Crippen LogP contribution in [0.3, 0.4) is 0 Å². The molecule has 2 rings (SSSR count). The Hall–Kier alpha value is -1.71. The third-order valence-corrected chi connectivity index (χ3v) is 2.41. The molecule has 0 fully saturated rings. The van der Waals surface area contributed by atoms with Crippen LogP contribution in [-0.2, 0) is 4.74 Å². The number of rotatable bonds is 1. The van der Waals surface area contributed by atoms with Crippen molar-refractivity contribution >= 4 is 5.97 Å². The Morgan fingerprint density at radius 3 is 2.56 bits per heavy atom. The van der Waals surface area contributed by atoms with Crippen LogP contribution < -0.4 is 9.47 Å². The van der Waals surface area contributed by atoms with Crippen molar-refractivity contribution in [1.82, 2.24) is 0 Å². The molecule has 4 heteroatoms. The van der Waals surface area contributed by atoms with E-state index < -0.39 is 5.79 Å². The van der Waals surface area contributed by atoms with Gasteiger partial charge in [0.15, 0.2) is 0 Å². The minimum absolute atomic E-state index is 0.355. The topological polar surface area (TPSA) is 44.8 Å². The Bertz CT molecular complexity index is 449. The van der Waals surface area contributed by atoms with E-state index in [0.717, 1.165) is 5.56 Å². The summed E-state index contributed by atoms with van der Waals surface area (Å²) < 4.78 is 15.9. The zero-order valence-electron chi connectivity index (χ0n) is 9.79. The Morgan fingerprint density at radius 2 is 1.94 bits per heavy atom. The summed E-state index contributed by atoms with van der Waals surface area (Å²) in [5.74, 6) is -0.102. The molecule has 86 valence electrons. The van der Waals surface area contributed by atoms with Gasteiger partial charge in [0.2, 0.25) is 5.79 Å². The minimum atomic E-state index is -0.928. The Labute approximate surface area is 94.1 Å². The second-order valence-electron chi connectivity index (χ2n) is 4.21. The maximum absolute atomic E-state index is 11.8. The standard InChI is InChI=1S/C12H14O4/c1-7-5-8(14-4)6-9-10(7)11(13)16-12(2,3)15-9/h5-6H,1-4H3. The highest BCUT2D eigenvalue weighted by atomic mass is 16.7. The normalized spacial score (nSPS) is 17.1. The van der Waals surface area contributed by atoms with Gasteiger partial charge in [-0.3, -0.25) is 0 Å². The Morgan fingerprint density at radius 1 is 1.25 bits per heavy atom. The molecular weight excluding hydrogens is 208 g/mol. The number of carbonyl (C=O) groups excluding carboxylic acids is 1. The lowest BCUT2D eigenvalue weighted by molar-refractivity contribution is -0.127. The van der Waals surface area contributed by atoms with Gasteiger partial charge in [0.25, 0.3) is 0 Å². The molecule has 1 aliphatic rings. The van der Waals surface area contributed by atoms with E-state index in [0.29, 0.717) is 17.1 Å². The molecule has 0 aliphatic carbocycles. The van der Waals surface area contributed by atoms with Crippen molar-refractivity contribution in [2.24, 2.45) is 0 Å². The monoisotopic (exact) mass is 222 g/mol. The molecule has 4 nitrogen and oxygen atoms in total. The van der Waals surface area contributed by atoms with Crippen LogP contribution in [0.4, 0.5) is 0 Å². The third-order valence-electron chi connectivity index (χ3n) is 2.41. The number of methoxy groups -OCH3 is 1. The van der Waals surface area contributed by atoms with E-state index in [1.54, 1.807) is 33.1 Å². The van der Waals surface area contributed by atoms with Gasteiger partial charge in [0.05, 0.1) is 7.11 Å². The number of fused-ring (bicyclic) bond motifs is 1. The van der Waals surface area contributed by atoms with Crippen molar-refractivity contribution in [1.29, 1.82) is 0 Å². The molecule has 0 spiro atoms. The van der Waals surface area contributed by atoms with Gasteiger partial charge in [0, 0.05) is 19.9 Å². The molecule has 0 saturated heterocycles. The van der Waals surface area contributed by atoms with Crippen molar-refractivity contribution in [3.05, 3.63) is 23.3 Å². The molecule has 0 amide bonds. The molecule has 0 saturated carbocycles. The Balaban J connectivity index is 2.56. The van der Waals surface area contributed by atoms with Crippen molar-refractivity contribution in [3.63, 3.8) is 0 Å². The molecule has 0 radical (unpaired) electrons. The van der Waals surface area contributed by atoms with Crippen molar-refractivity contribution < 1.29 is 19.0 Å². The third kappa shape index (κ3) is 1.71. The van der Waals surface area contributed by atoms with E-state index in [4.69, 9.17) is 14.2 Å². The van der Waals surface area contributed by atoms with Crippen LogP contribution in [0.25, 0.3) is 0 Å². The van der Waals surface area contributed by atoms with E-state index in [1.165, 1.54) is 0 Å². The molecule has 0 atom stereocenters. The zero-order valence-corrected chi connectivity index (χ0v) is 9.79. The van der Waals surface area contributed by atoms with Gasteiger partial charge in [0.1, 0.15) is 17.1 Å². The SMILES string of the molecule is COc1cc(C)c2c(c1)OC(C)(C)OC2=O. The van der Waals surface area contributed by atoms with Crippen molar-refractivity contribution in [3.8, 4) is 11.5 Å². The number of hydrogen-bond donors (Lipinski definition) is 0. The van der Waals surface area contributed by atoms with E-state index in [1.807, 2.05) is 6.92 Å². The van der Waals surface area contributed by atoms with Crippen LogP contribution in [-0.4, -0.2) is 18.9 Å². The summed E-state index contributed by atoms with van der Waals surface area (Å²) in [7, 11) is 1.58. The van der Waals surface area contributed by atoms with E-state index in [2.05, 4.69) is 0 Å². The first-order valence-electron chi connectivity index (χ1n) is 5.04. The molecule has 1 aliphatic heterocycles. The molecule has 0 N–H and O–H groups in total. The van der Waals surface area contributed by atoms with Crippen LogP contribution in [0.1, 0.15) is 29.8 Å². The van der Waals surface area contributed by atoms with Crippen LogP contribution in [0, 0.1) is 6.92 Å². The van der Waals surface area contributed by atoms with E-state index in [9.17, 15) is 4.79 Å². The first-order chi connectivity index (χ1) is 7.43. The fourth-order valence-electron chi connectivity index (χ4n) is 1.74. The second-order valence-corrected chi connectivity index (χ2v) is 4.21. The highest BCUT2D eigenvalue weighted by Gasteiger charge is 2.35. The summed E-state index contributed by atoms with van der Waals surface area (Å²) in [5, 5.41) is 0. The summed E-state index contributed by atoms with van der Waals surface area (Å²) in [6, 6.07) is 3.48. The number of hydrogen-bond acceptors (Lipinski definition) is 4. The summed E-state index contributed by atoms with van der Waals surface area (Å²) in [6.07, 6.45) is 0. The summed E-state index contributed by atoms with van der Waals surface area (Å²) >= 11 is 0. The van der Waals surface area contributed by atoms with Gasteiger partial charge in [-0.05, 0) is 18.6 Å². The van der Waals surface area contributed by atoms with Gasteiger partial charge in [-0.2, -0.15) is 0 Å². The fraction of sp³-hybridized carbons (Fsp3) is 0.417. The minimum Gasteiger partial charge on any atom is -0.497 e. The first-order valence-corrected chi connectivity index (χ1v) is 5.04. The van der Waals surface area contributed by atoms with Crippen LogP contribution >= 0.6 is 0 Å². The smallest absolute Gasteiger partial charge is 0.345 e. The lowest BCUT2D eigenvalue weighted by atomic mass is 10.1. The summed E-state index contributed by atoms with van der Waals surface area (Å²) in [6.45, 7) is 5.22. The predicted molar refractivity (Wildman–Crippen MR) is 57.9 cm³/mol. The lowest BCUT2D eigenvalue weighted by Gasteiger charge is -2.32. The lowest BCUT2D eigenvalue weighted by Crippen LogP contribution is -2.39. The van der Waals surface area contributed by atoms with Crippen LogP contribution in [0.2, 0.25) is 0 Å². The molecule has 1 aromatic rings. The molecule has 1 aromatic carbocycles. The molecule has 0 bridgehead atoms. The summed E-state index contributed by atoms with van der Waals surface area (Å²) in [5.41, 5.74) is 1.26. The zero-order chi connectivity index (χ0) is 11.9. The highest BCUT2D eigenvalue weighted by Crippen LogP contribution is 2.36. The number of aryl methyl sites for hydroxylation is 1. The maximum atomic E-state index is 11.8. The van der Waals surface area contributed by atoms with Gasteiger partial charge < -0.3 is 14.2 Å². The number of carbonyl (C=O) groups is 1. The second kappa shape index (κ2) is 3.40. The number of benzene rings is 1. The van der Waals surface area contributed by atoms with Crippen molar-refractivity contribution in [2.75, 3.05) is 7.11 Å². The molecular formula is C12H14O4. The molecule has 16 heavy (non-hydrogen) atoms. The largest absolute Gasteiger partial charge is 0.497 e. The Kier molecular flexibility index (Phi) is 2.30. The average Bonchev–Trinajstić information content (AvgIpc) is 2.13. The van der Waals surface area contributed by atoms with Crippen molar-refractivity contribution in [2.45, 2.75) is 26.6 Å².